The second-order valence-electron chi connectivity index (χ2n) is 4.87. The maximum Gasteiger partial charge on any atom is 0.271 e. The third-order valence-electron chi connectivity index (χ3n) is 3.19. The van der Waals surface area contributed by atoms with Gasteiger partial charge in [0.1, 0.15) is 0 Å². The molecular weight excluding hydrogens is 286 g/mol. The van der Waals surface area contributed by atoms with E-state index < -0.39 is 0 Å². The van der Waals surface area contributed by atoms with Gasteiger partial charge < -0.3 is 5.32 Å². The highest BCUT2D eigenvalue weighted by Gasteiger charge is 2.09. The number of aromatic nitrogens is 2. The summed E-state index contributed by atoms with van der Waals surface area (Å²) >= 11 is 5.92. The van der Waals surface area contributed by atoms with Gasteiger partial charge in [-0.1, -0.05) is 37.6 Å². The van der Waals surface area contributed by atoms with E-state index in [1.165, 1.54) is 0 Å². The fourth-order valence-corrected chi connectivity index (χ4v) is 2.23. The molecule has 0 fully saturated rings. The van der Waals surface area contributed by atoms with Crippen molar-refractivity contribution in [1.82, 2.24) is 15.1 Å². The van der Waals surface area contributed by atoms with Gasteiger partial charge in [0.15, 0.2) is 0 Å². The highest BCUT2D eigenvalue weighted by molar-refractivity contribution is 6.30. The summed E-state index contributed by atoms with van der Waals surface area (Å²) in [5, 5.41) is 8.35. The Balaban J connectivity index is 2.47. The molecule has 0 saturated heterocycles. The first-order valence-corrected chi connectivity index (χ1v) is 7.61. The summed E-state index contributed by atoms with van der Waals surface area (Å²) in [4.78, 5) is 12.3. The largest absolute Gasteiger partial charge is 0.313 e. The quantitative estimate of drug-likeness (QED) is 0.892. The van der Waals surface area contributed by atoms with Crippen LogP contribution < -0.4 is 10.9 Å². The number of nitrogens with zero attached hydrogens (tertiary/aromatic N) is 2. The van der Waals surface area contributed by atoms with Crippen LogP contribution >= 0.6 is 11.6 Å². The standard InChI is InChI=1S/C16H20ClN3O/c1-3-9-20-16(21)13(11-18-4-2)10-15(19-20)12-5-7-14(17)8-6-12/h5-8,10,18H,3-4,9,11H2,1-2H3. The second-order valence-corrected chi connectivity index (χ2v) is 5.31. The van der Waals surface area contributed by atoms with Gasteiger partial charge in [-0.3, -0.25) is 4.79 Å². The van der Waals surface area contributed by atoms with Crippen molar-refractivity contribution in [2.75, 3.05) is 6.54 Å². The molecule has 1 aromatic carbocycles. The zero-order chi connectivity index (χ0) is 15.2. The van der Waals surface area contributed by atoms with E-state index in [2.05, 4.69) is 10.4 Å². The third kappa shape index (κ3) is 3.93. The van der Waals surface area contributed by atoms with E-state index >= 15 is 0 Å². The van der Waals surface area contributed by atoms with Gasteiger partial charge in [0, 0.05) is 29.2 Å². The molecule has 1 heterocycles. The number of aryl methyl sites for hydroxylation is 1. The van der Waals surface area contributed by atoms with Crippen molar-refractivity contribution >= 4 is 11.6 Å². The van der Waals surface area contributed by atoms with E-state index in [4.69, 9.17) is 11.6 Å². The zero-order valence-corrected chi connectivity index (χ0v) is 13.2. The van der Waals surface area contributed by atoms with E-state index in [1.54, 1.807) is 4.68 Å². The van der Waals surface area contributed by atoms with Crippen LogP contribution in [0.2, 0.25) is 5.02 Å². The van der Waals surface area contributed by atoms with E-state index in [-0.39, 0.29) is 5.56 Å². The molecule has 0 saturated carbocycles. The Kier molecular flexibility index (Phi) is 5.53. The molecule has 0 bridgehead atoms. The van der Waals surface area contributed by atoms with Gasteiger partial charge in [-0.05, 0) is 31.2 Å². The van der Waals surface area contributed by atoms with Crippen LogP contribution in [-0.4, -0.2) is 16.3 Å². The van der Waals surface area contributed by atoms with Crippen LogP contribution in [0.3, 0.4) is 0 Å². The van der Waals surface area contributed by atoms with Crippen molar-refractivity contribution in [3.63, 3.8) is 0 Å². The molecule has 4 nitrogen and oxygen atoms in total. The van der Waals surface area contributed by atoms with Crippen LogP contribution in [0.25, 0.3) is 11.3 Å². The molecule has 0 unspecified atom stereocenters. The number of halogens is 1. The van der Waals surface area contributed by atoms with Crippen LogP contribution in [0.15, 0.2) is 35.1 Å². The van der Waals surface area contributed by atoms with E-state index in [0.29, 0.717) is 18.1 Å². The van der Waals surface area contributed by atoms with Crippen molar-refractivity contribution in [3.8, 4) is 11.3 Å². The van der Waals surface area contributed by atoms with Crippen LogP contribution in [0.1, 0.15) is 25.8 Å². The second kappa shape index (κ2) is 7.38. The lowest BCUT2D eigenvalue weighted by atomic mass is 10.1. The Morgan fingerprint density at radius 3 is 2.57 bits per heavy atom. The lowest BCUT2D eigenvalue weighted by Gasteiger charge is -2.10. The van der Waals surface area contributed by atoms with E-state index in [0.717, 1.165) is 29.8 Å². The van der Waals surface area contributed by atoms with Crippen molar-refractivity contribution in [1.29, 1.82) is 0 Å². The lowest BCUT2D eigenvalue weighted by molar-refractivity contribution is 0.559. The molecule has 5 heteroatoms. The first kappa shape index (κ1) is 15.7. The van der Waals surface area contributed by atoms with Crippen molar-refractivity contribution in [2.45, 2.75) is 33.4 Å². The molecule has 2 rings (SSSR count). The van der Waals surface area contributed by atoms with Crippen LogP contribution in [0.4, 0.5) is 0 Å². The number of hydrogen-bond donors (Lipinski definition) is 1. The fraction of sp³-hybridized carbons (Fsp3) is 0.375. The summed E-state index contributed by atoms with van der Waals surface area (Å²) in [5.74, 6) is 0. The van der Waals surface area contributed by atoms with Gasteiger partial charge in [0.05, 0.1) is 5.69 Å². The fourth-order valence-electron chi connectivity index (χ4n) is 2.11. The smallest absolute Gasteiger partial charge is 0.271 e. The number of benzene rings is 1. The van der Waals surface area contributed by atoms with E-state index in [9.17, 15) is 4.79 Å². The molecule has 2 aromatic rings. The summed E-state index contributed by atoms with van der Waals surface area (Å²) in [5.41, 5.74) is 2.48. The molecule has 1 aromatic heterocycles. The first-order chi connectivity index (χ1) is 10.2. The Labute approximate surface area is 129 Å². The molecule has 0 spiro atoms. The van der Waals surface area contributed by atoms with Crippen LogP contribution in [-0.2, 0) is 13.1 Å². The number of rotatable bonds is 6. The molecule has 0 radical (unpaired) electrons. The Hall–Kier alpha value is -1.65. The highest BCUT2D eigenvalue weighted by atomic mass is 35.5. The minimum Gasteiger partial charge on any atom is -0.313 e. The van der Waals surface area contributed by atoms with Gasteiger partial charge in [-0.25, -0.2) is 4.68 Å². The molecule has 21 heavy (non-hydrogen) atoms. The molecule has 0 aliphatic carbocycles. The zero-order valence-electron chi connectivity index (χ0n) is 12.4. The summed E-state index contributed by atoms with van der Waals surface area (Å²) < 4.78 is 1.55. The topological polar surface area (TPSA) is 46.9 Å². The highest BCUT2D eigenvalue weighted by Crippen LogP contribution is 2.19. The molecule has 112 valence electrons. The Bertz CT molecular complexity index is 650. The Morgan fingerprint density at radius 2 is 1.95 bits per heavy atom. The lowest BCUT2D eigenvalue weighted by Crippen LogP contribution is -2.29. The van der Waals surface area contributed by atoms with Gasteiger partial charge in [0.2, 0.25) is 0 Å². The van der Waals surface area contributed by atoms with Gasteiger partial charge in [-0.2, -0.15) is 5.10 Å². The average molecular weight is 306 g/mol. The monoisotopic (exact) mass is 305 g/mol. The predicted molar refractivity (Wildman–Crippen MR) is 86.6 cm³/mol. The van der Waals surface area contributed by atoms with Gasteiger partial charge in [-0.15, -0.1) is 0 Å². The first-order valence-electron chi connectivity index (χ1n) is 7.23. The maximum atomic E-state index is 12.3. The molecule has 0 atom stereocenters. The van der Waals surface area contributed by atoms with Crippen LogP contribution in [0, 0.1) is 0 Å². The maximum absolute atomic E-state index is 12.3. The Morgan fingerprint density at radius 1 is 1.24 bits per heavy atom. The summed E-state index contributed by atoms with van der Waals surface area (Å²) in [6.45, 7) is 6.06. The molecule has 0 aliphatic heterocycles. The minimum atomic E-state index is -0.0180. The molecule has 0 aliphatic rings. The number of nitrogens with one attached hydrogen (secondary N) is 1. The normalized spacial score (nSPS) is 10.8. The predicted octanol–water partition coefficient (Wildman–Crippen LogP) is 3.08. The van der Waals surface area contributed by atoms with Crippen molar-refractivity contribution in [2.24, 2.45) is 0 Å². The summed E-state index contributed by atoms with van der Waals surface area (Å²) in [6.07, 6.45) is 0.873. The average Bonchev–Trinajstić information content (AvgIpc) is 2.49. The van der Waals surface area contributed by atoms with Crippen molar-refractivity contribution < 1.29 is 0 Å². The van der Waals surface area contributed by atoms with Crippen LogP contribution in [0.5, 0.6) is 0 Å². The van der Waals surface area contributed by atoms with Gasteiger partial charge in [0.25, 0.3) is 5.56 Å². The molecule has 0 amide bonds. The molecule has 1 N–H and O–H groups in total. The number of hydrogen-bond acceptors (Lipinski definition) is 3. The molecular formula is C16H20ClN3O. The van der Waals surface area contributed by atoms with Gasteiger partial charge >= 0.3 is 0 Å². The SMILES string of the molecule is CCCn1nc(-c2ccc(Cl)cc2)cc(CNCC)c1=O. The minimum absolute atomic E-state index is 0.0180. The summed E-state index contributed by atoms with van der Waals surface area (Å²) in [6, 6.07) is 9.36. The summed E-state index contributed by atoms with van der Waals surface area (Å²) in [7, 11) is 0. The van der Waals surface area contributed by atoms with Crippen molar-refractivity contribution in [3.05, 3.63) is 51.3 Å². The third-order valence-corrected chi connectivity index (χ3v) is 3.44. The van der Waals surface area contributed by atoms with E-state index in [1.807, 2.05) is 44.2 Å².